The summed E-state index contributed by atoms with van der Waals surface area (Å²) in [7, 11) is 0. The molecule has 1 fully saturated rings. The molecule has 2 aliphatic rings. The van der Waals surface area contributed by atoms with Crippen LogP contribution >= 0.6 is 0 Å². The Balaban J connectivity index is 1.08. The lowest BCUT2D eigenvalue weighted by Gasteiger charge is -2.14. The molecule has 0 bridgehead atoms. The van der Waals surface area contributed by atoms with Gasteiger partial charge in [0, 0.05) is 18.9 Å². The number of ether oxygens (including phenoxy) is 1. The Bertz CT molecular complexity index is 1000. The number of nitrogens with one attached hydrogen (secondary N) is 2. The van der Waals surface area contributed by atoms with Crippen LogP contribution < -0.4 is 10.6 Å². The summed E-state index contributed by atoms with van der Waals surface area (Å²) < 4.78 is 5.54. The Kier molecular flexibility index (Phi) is 8.40. The van der Waals surface area contributed by atoms with E-state index >= 15 is 0 Å². The zero-order chi connectivity index (χ0) is 24.6. The van der Waals surface area contributed by atoms with Crippen LogP contribution in [0.3, 0.4) is 0 Å². The molecule has 2 amide bonds. The van der Waals surface area contributed by atoms with Crippen LogP contribution in [-0.2, 0) is 14.3 Å². The molecule has 186 valence electrons. The van der Waals surface area contributed by atoms with Gasteiger partial charge in [-0.2, -0.15) is 0 Å². The number of carboxylic acids is 1. The SMILES string of the molecule is O=C(CCCCCCNC(=O)OCC1c2ccccc2-c2ccccc21)N[C@@H](CC1CC1)C(=O)O. The minimum absolute atomic E-state index is 0.0456. The molecule has 0 heterocycles. The standard InChI is InChI=1S/C28H34N2O5/c31-26(30-25(27(32)33)17-19-14-15-19)13-3-1-2-8-16-29-28(34)35-18-24-22-11-6-4-9-20(22)21-10-5-7-12-23(21)24/h4-7,9-12,19,24-25H,1-3,8,13-18H2,(H,29,34)(H,30,31)(H,32,33)/t25-/m0/s1. The van der Waals surface area contributed by atoms with Crippen molar-refractivity contribution in [2.75, 3.05) is 13.2 Å². The summed E-state index contributed by atoms with van der Waals surface area (Å²) in [6, 6.07) is 15.7. The molecule has 7 heteroatoms. The van der Waals surface area contributed by atoms with Crippen molar-refractivity contribution in [1.29, 1.82) is 0 Å². The van der Waals surface area contributed by atoms with Crippen molar-refractivity contribution in [2.24, 2.45) is 5.92 Å². The molecule has 2 aromatic carbocycles. The molecule has 7 nitrogen and oxygen atoms in total. The summed E-state index contributed by atoms with van der Waals surface area (Å²) in [6.07, 6.45) is 5.78. The smallest absolute Gasteiger partial charge is 0.407 e. The monoisotopic (exact) mass is 478 g/mol. The van der Waals surface area contributed by atoms with E-state index < -0.39 is 18.1 Å². The number of hydrogen-bond acceptors (Lipinski definition) is 4. The van der Waals surface area contributed by atoms with Gasteiger partial charge in [0.15, 0.2) is 0 Å². The molecule has 0 saturated heterocycles. The number of alkyl carbamates (subject to hydrolysis) is 1. The highest BCUT2D eigenvalue weighted by atomic mass is 16.5. The van der Waals surface area contributed by atoms with Crippen LogP contribution in [0.2, 0.25) is 0 Å². The van der Waals surface area contributed by atoms with Crippen molar-refractivity contribution in [1.82, 2.24) is 10.6 Å². The van der Waals surface area contributed by atoms with Crippen LogP contribution in [0.1, 0.15) is 68.4 Å². The molecular formula is C28H34N2O5. The van der Waals surface area contributed by atoms with Gasteiger partial charge in [-0.15, -0.1) is 0 Å². The minimum atomic E-state index is -0.954. The third-order valence-electron chi connectivity index (χ3n) is 6.84. The van der Waals surface area contributed by atoms with E-state index in [0.717, 1.165) is 32.1 Å². The van der Waals surface area contributed by atoms with Gasteiger partial charge in [0.1, 0.15) is 12.6 Å². The number of benzene rings is 2. The normalized spacial score (nSPS) is 15.1. The van der Waals surface area contributed by atoms with Crippen LogP contribution in [0.25, 0.3) is 11.1 Å². The molecule has 35 heavy (non-hydrogen) atoms. The maximum atomic E-state index is 12.2. The molecule has 2 aliphatic carbocycles. The Morgan fingerprint density at radius 1 is 0.914 bits per heavy atom. The van der Waals surface area contributed by atoms with E-state index in [1.165, 1.54) is 22.3 Å². The van der Waals surface area contributed by atoms with Gasteiger partial charge in [0.2, 0.25) is 5.91 Å². The third-order valence-corrected chi connectivity index (χ3v) is 6.84. The molecule has 0 radical (unpaired) electrons. The number of carbonyl (C=O) groups is 3. The molecule has 0 aliphatic heterocycles. The molecule has 0 spiro atoms. The van der Waals surface area contributed by atoms with E-state index in [0.29, 0.717) is 38.3 Å². The lowest BCUT2D eigenvalue weighted by atomic mass is 9.98. The summed E-state index contributed by atoms with van der Waals surface area (Å²) in [4.78, 5) is 35.5. The fourth-order valence-electron chi connectivity index (χ4n) is 4.78. The van der Waals surface area contributed by atoms with Gasteiger partial charge in [-0.25, -0.2) is 9.59 Å². The lowest BCUT2D eigenvalue weighted by Crippen LogP contribution is -2.41. The van der Waals surface area contributed by atoms with Crippen molar-refractivity contribution in [3.63, 3.8) is 0 Å². The topological polar surface area (TPSA) is 105 Å². The van der Waals surface area contributed by atoms with Gasteiger partial charge in [-0.1, -0.05) is 74.2 Å². The maximum absolute atomic E-state index is 12.2. The van der Waals surface area contributed by atoms with Gasteiger partial charge in [0.25, 0.3) is 0 Å². The largest absolute Gasteiger partial charge is 0.480 e. The number of unbranched alkanes of at least 4 members (excludes halogenated alkanes) is 3. The van der Waals surface area contributed by atoms with E-state index in [2.05, 4.69) is 34.9 Å². The molecule has 0 aromatic heterocycles. The lowest BCUT2D eigenvalue weighted by molar-refractivity contribution is -0.142. The number of carbonyl (C=O) groups excluding carboxylic acids is 2. The number of amides is 2. The Labute approximate surface area is 206 Å². The average Bonchev–Trinajstić information content (AvgIpc) is 3.62. The second kappa shape index (κ2) is 11.9. The second-order valence-corrected chi connectivity index (χ2v) is 9.55. The molecule has 4 rings (SSSR count). The number of hydrogen-bond donors (Lipinski definition) is 3. The van der Waals surface area contributed by atoms with Crippen LogP contribution in [0.15, 0.2) is 48.5 Å². The summed E-state index contributed by atoms with van der Waals surface area (Å²) in [5, 5.41) is 14.7. The van der Waals surface area contributed by atoms with E-state index in [-0.39, 0.29) is 11.8 Å². The highest BCUT2D eigenvalue weighted by Crippen LogP contribution is 2.44. The summed E-state index contributed by atoms with van der Waals surface area (Å²) in [6.45, 7) is 0.818. The highest BCUT2D eigenvalue weighted by Gasteiger charge is 2.30. The first-order valence-corrected chi connectivity index (χ1v) is 12.6. The summed E-state index contributed by atoms with van der Waals surface area (Å²) in [5.74, 6) is -0.663. The number of carboxylic acid groups (broad SMARTS) is 1. The second-order valence-electron chi connectivity index (χ2n) is 9.55. The van der Waals surface area contributed by atoms with Gasteiger partial charge in [-0.3, -0.25) is 4.79 Å². The number of aliphatic carboxylic acids is 1. The zero-order valence-electron chi connectivity index (χ0n) is 20.0. The quantitative estimate of drug-likeness (QED) is 0.357. The molecule has 3 N–H and O–H groups in total. The third kappa shape index (κ3) is 6.84. The Morgan fingerprint density at radius 3 is 2.17 bits per heavy atom. The first kappa shape index (κ1) is 24.8. The fraction of sp³-hybridized carbons (Fsp3) is 0.464. The first-order valence-electron chi connectivity index (χ1n) is 12.6. The van der Waals surface area contributed by atoms with Crippen LogP contribution in [0.4, 0.5) is 4.79 Å². The molecule has 2 aromatic rings. The predicted octanol–water partition coefficient (Wildman–Crippen LogP) is 4.85. The van der Waals surface area contributed by atoms with Crippen molar-refractivity contribution < 1.29 is 24.2 Å². The van der Waals surface area contributed by atoms with E-state index in [1.54, 1.807) is 0 Å². The molecular weight excluding hydrogens is 444 g/mol. The minimum Gasteiger partial charge on any atom is -0.480 e. The van der Waals surface area contributed by atoms with Crippen molar-refractivity contribution in [3.05, 3.63) is 59.7 Å². The maximum Gasteiger partial charge on any atom is 0.407 e. The van der Waals surface area contributed by atoms with E-state index in [4.69, 9.17) is 4.74 Å². The number of rotatable bonds is 13. The van der Waals surface area contributed by atoms with E-state index in [1.807, 2.05) is 24.3 Å². The fourth-order valence-corrected chi connectivity index (χ4v) is 4.78. The van der Waals surface area contributed by atoms with Crippen molar-refractivity contribution in [2.45, 2.75) is 63.3 Å². The summed E-state index contributed by atoms with van der Waals surface area (Å²) >= 11 is 0. The van der Waals surface area contributed by atoms with Gasteiger partial charge in [-0.05, 0) is 47.4 Å². The Morgan fingerprint density at radius 2 is 1.54 bits per heavy atom. The van der Waals surface area contributed by atoms with Crippen molar-refractivity contribution in [3.8, 4) is 11.1 Å². The Hall–Kier alpha value is -3.35. The zero-order valence-corrected chi connectivity index (χ0v) is 20.0. The highest BCUT2D eigenvalue weighted by molar-refractivity contribution is 5.83. The predicted molar refractivity (Wildman–Crippen MR) is 133 cm³/mol. The van der Waals surface area contributed by atoms with Gasteiger partial charge < -0.3 is 20.5 Å². The van der Waals surface area contributed by atoms with Gasteiger partial charge >= 0.3 is 12.1 Å². The average molecular weight is 479 g/mol. The van der Waals surface area contributed by atoms with Crippen LogP contribution in [0, 0.1) is 5.92 Å². The summed E-state index contributed by atoms with van der Waals surface area (Å²) in [5.41, 5.74) is 4.78. The first-order chi connectivity index (χ1) is 17.0. The molecule has 1 atom stereocenters. The van der Waals surface area contributed by atoms with Crippen LogP contribution in [-0.4, -0.2) is 42.3 Å². The van der Waals surface area contributed by atoms with E-state index in [9.17, 15) is 19.5 Å². The molecule has 0 unspecified atom stereocenters. The number of fused-ring (bicyclic) bond motifs is 3. The van der Waals surface area contributed by atoms with Gasteiger partial charge in [0.05, 0.1) is 0 Å². The molecule has 1 saturated carbocycles. The van der Waals surface area contributed by atoms with Crippen molar-refractivity contribution >= 4 is 18.0 Å². The van der Waals surface area contributed by atoms with Crippen LogP contribution in [0.5, 0.6) is 0 Å².